The summed E-state index contributed by atoms with van der Waals surface area (Å²) in [4.78, 5) is 1.23. The Morgan fingerprint density at radius 1 is 1.21 bits per heavy atom. The zero-order valence-corrected chi connectivity index (χ0v) is 11.9. The highest BCUT2D eigenvalue weighted by atomic mass is 32.2. The summed E-state index contributed by atoms with van der Waals surface area (Å²) in [6.07, 6.45) is 1.94. The van der Waals surface area contributed by atoms with Crippen molar-refractivity contribution in [2.24, 2.45) is 5.73 Å². The van der Waals surface area contributed by atoms with E-state index in [-0.39, 0.29) is 10.8 Å². The molecular weight excluding hydrogens is 281 g/mol. The molecule has 2 aromatic carbocycles. The van der Waals surface area contributed by atoms with Crippen LogP contribution in [0.2, 0.25) is 0 Å². The molecule has 0 aliphatic carbocycles. The zero-order valence-electron chi connectivity index (χ0n) is 10.2. The van der Waals surface area contributed by atoms with Gasteiger partial charge in [0.1, 0.15) is 22.3 Å². The molecule has 0 fully saturated rings. The molecule has 19 heavy (non-hydrogen) atoms. The summed E-state index contributed by atoms with van der Waals surface area (Å²) in [5.41, 5.74) is 6.45. The van der Waals surface area contributed by atoms with Crippen LogP contribution in [0.15, 0.2) is 47.4 Å². The Morgan fingerprint density at radius 3 is 2.47 bits per heavy atom. The topological polar surface area (TPSA) is 35.2 Å². The highest BCUT2D eigenvalue weighted by Crippen LogP contribution is 2.32. The zero-order chi connectivity index (χ0) is 13.8. The van der Waals surface area contributed by atoms with Crippen molar-refractivity contribution < 1.29 is 9.13 Å². The van der Waals surface area contributed by atoms with Gasteiger partial charge in [-0.3, -0.25) is 0 Å². The molecular formula is C14H12FNOS2. The van der Waals surface area contributed by atoms with Crippen LogP contribution in [0.5, 0.6) is 11.5 Å². The normalized spacial score (nSPS) is 10.2. The molecule has 0 unspecified atom stereocenters. The fourth-order valence-electron chi connectivity index (χ4n) is 1.64. The summed E-state index contributed by atoms with van der Waals surface area (Å²) in [6, 6.07) is 11.4. The van der Waals surface area contributed by atoms with E-state index in [1.807, 2.05) is 18.4 Å². The minimum Gasteiger partial charge on any atom is -0.457 e. The summed E-state index contributed by atoms with van der Waals surface area (Å²) >= 11 is 6.61. The van der Waals surface area contributed by atoms with Gasteiger partial charge in [-0.25, -0.2) is 4.39 Å². The lowest BCUT2D eigenvalue weighted by atomic mass is 10.2. The highest BCUT2D eigenvalue weighted by molar-refractivity contribution is 7.98. The molecule has 0 aliphatic heterocycles. The van der Waals surface area contributed by atoms with E-state index in [1.165, 1.54) is 12.1 Å². The monoisotopic (exact) mass is 293 g/mol. The lowest BCUT2D eigenvalue weighted by Crippen LogP contribution is -2.12. The SMILES string of the molecule is CSc1cccc(Oc2ccc(F)cc2)c1C(N)=S. The summed E-state index contributed by atoms with van der Waals surface area (Å²) < 4.78 is 18.6. The van der Waals surface area contributed by atoms with E-state index in [0.717, 1.165) is 4.90 Å². The quantitative estimate of drug-likeness (QED) is 0.683. The molecule has 98 valence electrons. The Labute approximate surface area is 120 Å². The number of thioether (sulfide) groups is 1. The average molecular weight is 293 g/mol. The van der Waals surface area contributed by atoms with E-state index in [1.54, 1.807) is 30.0 Å². The van der Waals surface area contributed by atoms with Crippen molar-refractivity contribution in [3.63, 3.8) is 0 Å². The number of ether oxygens (including phenoxy) is 1. The van der Waals surface area contributed by atoms with Gasteiger partial charge in [0, 0.05) is 4.90 Å². The Morgan fingerprint density at radius 2 is 1.89 bits per heavy atom. The Kier molecular flexibility index (Phi) is 4.39. The van der Waals surface area contributed by atoms with Gasteiger partial charge in [0.05, 0.1) is 5.56 Å². The van der Waals surface area contributed by atoms with Crippen molar-refractivity contribution in [1.29, 1.82) is 0 Å². The molecule has 0 saturated carbocycles. The van der Waals surface area contributed by atoms with Crippen LogP contribution in [0.4, 0.5) is 4.39 Å². The number of halogens is 1. The van der Waals surface area contributed by atoms with Crippen molar-refractivity contribution in [3.8, 4) is 11.5 Å². The van der Waals surface area contributed by atoms with E-state index in [0.29, 0.717) is 17.1 Å². The van der Waals surface area contributed by atoms with Crippen molar-refractivity contribution in [2.75, 3.05) is 6.26 Å². The minimum absolute atomic E-state index is 0.280. The summed E-state index contributed by atoms with van der Waals surface area (Å²) in [5.74, 6) is 0.808. The molecule has 0 bridgehead atoms. The number of hydrogen-bond acceptors (Lipinski definition) is 3. The van der Waals surface area contributed by atoms with Gasteiger partial charge in [-0.15, -0.1) is 11.8 Å². The third-order valence-corrected chi connectivity index (χ3v) is 3.48. The van der Waals surface area contributed by atoms with Gasteiger partial charge in [0.15, 0.2) is 0 Å². The molecule has 0 saturated heterocycles. The van der Waals surface area contributed by atoms with Crippen LogP contribution in [-0.2, 0) is 0 Å². The Bertz CT molecular complexity index is 599. The van der Waals surface area contributed by atoms with Crippen molar-refractivity contribution >= 4 is 29.0 Å². The van der Waals surface area contributed by atoms with Gasteiger partial charge in [-0.05, 0) is 42.7 Å². The minimum atomic E-state index is -0.306. The van der Waals surface area contributed by atoms with Crippen LogP contribution in [0.25, 0.3) is 0 Å². The lowest BCUT2D eigenvalue weighted by Gasteiger charge is -2.13. The molecule has 5 heteroatoms. The molecule has 2 rings (SSSR count). The van der Waals surface area contributed by atoms with Crippen LogP contribution in [-0.4, -0.2) is 11.2 Å². The summed E-state index contributed by atoms with van der Waals surface area (Å²) in [7, 11) is 0. The van der Waals surface area contributed by atoms with E-state index in [2.05, 4.69) is 0 Å². The first kappa shape index (κ1) is 13.8. The van der Waals surface area contributed by atoms with Gasteiger partial charge >= 0.3 is 0 Å². The molecule has 0 heterocycles. The van der Waals surface area contributed by atoms with Crippen LogP contribution >= 0.6 is 24.0 Å². The van der Waals surface area contributed by atoms with Crippen LogP contribution in [0.3, 0.4) is 0 Å². The second-order valence-electron chi connectivity index (χ2n) is 3.75. The summed E-state index contributed by atoms with van der Waals surface area (Å²) in [6.45, 7) is 0. The standard InChI is InChI=1S/C14H12FNOS2/c1-19-12-4-2-3-11(13(12)14(16)18)17-10-7-5-9(15)6-8-10/h2-8H,1H3,(H2,16,18). The molecule has 0 spiro atoms. The molecule has 0 aliphatic rings. The van der Waals surface area contributed by atoms with Gasteiger partial charge in [-0.1, -0.05) is 18.3 Å². The van der Waals surface area contributed by atoms with Gasteiger partial charge in [-0.2, -0.15) is 0 Å². The Hall–Kier alpha value is -1.59. The van der Waals surface area contributed by atoms with E-state index >= 15 is 0 Å². The van der Waals surface area contributed by atoms with Crippen molar-refractivity contribution in [1.82, 2.24) is 0 Å². The molecule has 2 aromatic rings. The predicted octanol–water partition coefficient (Wildman–Crippen LogP) is 3.97. The first-order valence-corrected chi connectivity index (χ1v) is 7.15. The van der Waals surface area contributed by atoms with E-state index in [9.17, 15) is 4.39 Å². The number of hydrogen-bond donors (Lipinski definition) is 1. The Balaban J connectivity index is 2.39. The largest absolute Gasteiger partial charge is 0.457 e. The lowest BCUT2D eigenvalue weighted by molar-refractivity contribution is 0.478. The van der Waals surface area contributed by atoms with Crippen molar-refractivity contribution in [2.45, 2.75) is 4.90 Å². The van der Waals surface area contributed by atoms with Crippen LogP contribution in [0.1, 0.15) is 5.56 Å². The fourth-order valence-corrected chi connectivity index (χ4v) is 2.54. The maximum atomic E-state index is 12.9. The number of benzene rings is 2. The molecule has 0 atom stereocenters. The fraction of sp³-hybridized carbons (Fsp3) is 0.0714. The van der Waals surface area contributed by atoms with Gasteiger partial charge in [0.2, 0.25) is 0 Å². The van der Waals surface area contributed by atoms with Gasteiger partial charge < -0.3 is 10.5 Å². The van der Waals surface area contributed by atoms with Crippen LogP contribution < -0.4 is 10.5 Å². The summed E-state index contributed by atoms with van der Waals surface area (Å²) in [5, 5.41) is 0. The third-order valence-electron chi connectivity index (χ3n) is 2.50. The molecule has 2 N–H and O–H groups in total. The van der Waals surface area contributed by atoms with E-state index in [4.69, 9.17) is 22.7 Å². The maximum Gasteiger partial charge on any atom is 0.138 e. The van der Waals surface area contributed by atoms with Crippen LogP contribution in [0, 0.1) is 5.82 Å². The second kappa shape index (κ2) is 6.04. The number of nitrogens with two attached hydrogens (primary N) is 1. The third kappa shape index (κ3) is 3.24. The van der Waals surface area contributed by atoms with Gasteiger partial charge in [0.25, 0.3) is 0 Å². The second-order valence-corrected chi connectivity index (χ2v) is 5.04. The number of rotatable bonds is 4. The van der Waals surface area contributed by atoms with E-state index < -0.39 is 0 Å². The molecule has 0 radical (unpaired) electrons. The molecule has 0 amide bonds. The number of thiocarbonyl (C=S) groups is 1. The first-order chi connectivity index (χ1) is 9.11. The molecule has 0 aromatic heterocycles. The molecule has 2 nitrogen and oxygen atoms in total. The smallest absolute Gasteiger partial charge is 0.138 e. The first-order valence-electron chi connectivity index (χ1n) is 5.52. The highest BCUT2D eigenvalue weighted by Gasteiger charge is 2.12. The van der Waals surface area contributed by atoms with Crippen molar-refractivity contribution in [3.05, 3.63) is 53.8 Å². The maximum absolute atomic E-state index is 12.9. The predicted molar refractivity (Wildman–Crippen MR) is 80.6 cm³/mol. The average Bonchev–Trinajstić information content (AvgIpc) is 2.40.